The third-order valence-corrected chi connectivity index (χ3v) is 5.42. The van der Waals surface area contributed by atoms with Gasteiger partial charge in [-0.2, -0.15) is 0 Å². The van der Waals surface area contributed by atoms with E-state index in [2.05, 4.69) is 9.97 Å². The van der Waals surface area contributed by atoms with E-state index >= 15 is 0 Å². The van der Waals surface area contributed by atoms with Crippen LogP contribution in [0.15, 0.2) is 30.7 Å². The van der Waals surface area contributed by atoms with Gasteiger partial charge < -0.3 is 14.4 Å². The number of hydrogen-bond donors (Lipinski definition) is 1. The molecule has 8 heteroatoms. The van der Waals surface area contributed by atoms with E-state index in [9.17, 15) is 14.3 Å². The van der Waals surface area contributed by atoms with Gasteiger partial charge >= 0.3 is 5.97 Å². The summed E-state index contributed by atoms with van der Waals surface area (Å²) in [4.78, 5) is 21.5. The highest BCUT2D eigenvalue weighted by Crippen LogP contribution is 2.34. The zero-order valence-electron chi connectivity index (χ0n) is 14.7. The van der Waals surface area contributed by atoms with E-state index in [1.807, 2.05) is 28.6 Å². The van der Waals surface area contributed by atoms with Gasteiger partial charge in [-0.05, 0) is 36.1 Å². The molecule has 4 rings (SSSR count). The van der Waals surface area contributed by atoms with Crippen LogP contribution in [0, 0.1) is 5.82 Å². The summed E-state index contributed by atoms with van der Waals surface area (Å²) < 4.78 is 15.1. The summed E-state index contributed by atoms with van der Waals surface area (Å²) in [6.07, 6.45) is 6.49. The number of nitrogens with zero attached hydrogens (tertiary/aromatic N) is 4. The molecule has 3 heterocycles. The summed E-state index contributed by atoms with van der Waals surface area (Å²) in [6, 6.07) is 3.75. The van der Waals surface area contributed by atoms with Crippen LogP contribution in [-0.4, -0.2) is 38.5 Å². The molecule has 1 N–H and O–H groups in total. The number of anilines is 1. The summed E-state index contributed by atoms with van der Waals surface area (Å²) >= 11 is 6.15. The van der Waals surface area contributed by atoms with Crippen molar-refractivity contribution in [2.45, 2.75) is 31.7 Å². The lowest BCUT2D eigenvalue weighted by Gasteiger charge is -2.31. The number of carboxylic acid groups (broad SMARTS) is 1. The molecule has 0 amide bonds. The van der Waals surface area contributed by atoms with Crippen LogP contribution >= 0.6 is 11.6 Å². The van der Waals surface area contributed by atoms with Crippen LogP contribution in [0.4, 0.5) is 10.3 Å². The number of fused-ring (bicyclic) bond motifs is 3. The Hall–Kier alpha value is -2.67. The van der Waals surface area contributed by atoms with E-state index < -0.39 is 11.8 Å². The summed E-state index contributed by atoms with van der Waals surface area (Å²) in [5.74, 6) is -0.852. The topological polar surface area (TPSA) is 70.7 Å². The maximum absolute atomic E-state index is 13.1. The number of rotatable bonds is 4. The lowest BCUT2D eigenvalue weighted by molar-refractivity contribution is -0.136. The van der Waals surface area contributed by atoms with Crippen molar-refractivity contribution in [3.63, 3.8) is 0 Å². The highest BCUT2D eigenvalue weighted by atomic mass is 35.5. The monoisotopic (exact) mass is 388 g/mol. The molecule has 0 aliphatic heterocycles. The molecule has 1 atom stereocenters. The number of carbonyl (C=O) groups is 1. The maximum atomic E-state index is 13.1. The van der Waals surface area contributed by atoms with Gasteiger partial charge in [-0.15, -0.1) is 0 Å². The maximum Gasteiger partial charge on any atom is 0.307 e. The Morgan fingerprint density at radius 1 is 1.44 bits per heavy atom. The summed E-state index contributed by atoms with van der Waals surface area (Å²) in [7, 11) is 1.90. The smallest absolute Gasteiger partial charge is 0.307 e. The van der Waals surface area contributed by atoms with E-state index in [0.717, 1.165) is 54.0 Å². The first-order valence-corrected chi connectivity index (χ1v) is 9.04. The molecule has 1 aliphatic carbocycles. The first kappa shape index (κ1) is 17.7. The highest BCUT2D eigenvalue weighted by molar-refractivity contribution is 6.30. The number of likely N-dealkylation sites (N-methyl/N-ethyl adjacent to an activating group) is 1. The number of aliphatic carboxylic acids is 1. The standard InChI is InChI=1S/C19H18ClFN4O2/c1-24(19-22-9-12(21)10-23-19)13-2-3-14-15(8-18(26)27)16-6-11(20)4-5-25(16)17(14)7-13/h4-6,9-10,13H,2-3,7-8H2,1H3,(H,26,27). The summed E-state index contributed by atoms with van der Waals surface area (Å²) in [5.41, 5.74) is 3.85. The fourth-order valence-corrected chi connectivity index (χ4v) is 4.06. The SMILES string of the molecule is CN(c1ncc(F)cn1)C1CCc2c(CC(=O)O)c3cc(Cl)ccn3c2C1. The Morgan fingerprint density at radius 2 is 2.19 bits per heavy atom. The quantitative estimate of drug-likeness (QED) is 0.743. The number of aromatic nitrogens is 3. The Kier molecular flexibility index (Phi) is 4.47. The van der Waals surface area contributed by atoms with Gasteiger partial charge in [0.25, 0.3) is 0 Å². The van der Waals surface area contributed by atoms with Gasteiger partial charge in [-0.25, -0.2) is 14.4 Å². The lowest BCUT2D eigenvalue weighted by Crippen LogP contribution is -2.38. The molecule has 3 aromatic rings. The van der Waals surface area contributed by atoms with Crippen LogP contribution in [-0.2, 0) is 24.1 Å². The Balaban J connectivity index is 1.72. The minimum absolute atomic E-state index is 0.0270. The second-order valence-electron chi connectivity index (χ2n) is 6.78. The van der Waals surface area contributed by atoms with Crippen molar-refractivity contribution in [2.75, 3.05) is 11.9 Å². The molecular weight excluding hydrogens is 371 g/mol. The van der Waals surface area contributed by atoms with Gasteiger partial charge in [-0.1, -0.05) is 11.6 Å². The minimum atomic E-state index is -0.857. The Morgan fingerprint density at radius 3 is 2.89 bits per heavy atom. The molecule has 1 unspecified atom stereocenters. The molecule has 27 heavy (non-hydrogen) atoms. The van der Waals surface area contributed by atoms with E-state index in [4.69, 9.17) is 11.6 Å². The largest absolute Gasteiger partial charge is 0.481 e. The second kappa shape index (κ2) is 6.81. The molecule has 6 nitrogen and oxygen atoms in total. The summed E-state index contributed by atoms with van der Waals surface area (Å²) in [5, 5.41) is 9.91. The molecule has 1 aliphatic rings. The summed E-state index contributed by atoms with van der Waals surface area (Å²) in [6.45, 7) is 0. The number of carboxylic acids is 1. The van der Waals surface area contributed by atoms with Crippen LogP contribution in [0.5, 0.6) is 0 Å². The minimum Gasteiger partial charge on any atom is -0.481 e. The molecule has 0 fully saturated rings. The molecular formula is C19H18ClFN4O2. The fraction of sp³-hybridized carbons (Fsp3) is 0.316. The van der Waals surface area contributed by atoms with Crippen LogP contribution in [0.25, 0.3) is 5.52 Å². The van der Waals surface area contributed by atoms with Crippen molar-refractivity contribution in [3.8, 4) is 0 Å². The van der Waals surface area contributed by atoms with E-state index in [-0.39, 0.29) is 12.5 Å². The van der Waals surface area contributed by atoms with Crippen molar-refractivity contribution in [1.29, 1.82) is 0 Å². The number of pyridine rings is 1. The normalized spacial score (nSPS) is 16.3. The molecule has 3 aromatic heterocycles. The van der Waals surface area contributed by atoms with Gasteiger partial charge in [0.15, 0.2) is 5.82 Å². The van der Waals surface area contributed by atoms with Gasteiger partial charge in [-0.3, -0.25) is 4.79 Å². The molecule has 0 aromatic carbocycles. The fourth-order valence-electron chi connectivity index (χ4n) is 3.90. The van der Waals surface area contributed by atoms with Crippen molar-refractivity contribution in [2.24, 2.45) is 0 Å². The molecule has 0 spiro atoms. The third-order valence-electron chi connectivity index (χ3n) is 5.18. The van der Waals surface area contributed by atoms with E-state index in [1.165, 1.54) is 0 Å². The van der Waals surface area contributed by atoms with Crippen LogP contribution in [0.3, 0.4) is 0 Å². The molecule has 0 bridgehead atoms. The van der Waals surface area contributed by atoms with Gasteiger partial charge in [0.2, 0.25) is 5.95 Å². The van der Waals surface area contributed by atoms with Gasteiger partial charge in [0, 0.05) is 36.4 Å². The van der Waals surface area contributed by atoms with Crippen molar-refractivity contribution < 1.29 is 14.3 Å². The van der Waals surface area contributed by atoms with Crippen molar-refractivity contribution in [3.05, 3.63) is 58.4 Å². The molecule has 0 saturated carbocycles. The number of halogens is 2. The van der Waals surface area contributed by atoms with Gasteiger partial charge in [0.05, 0.1) is 24.3 Å². The van der Waals surface area contributed by atoms with E-state index in [1.54, 1.807) is 6.07 Å². The average molecular weight is 389 g/mol. The van der Waals surface area contributed by atoms with Gasteiger partial charge in [0.1, 0.15) is 0 Å². The molecule has 140 valence electrons. The predicted octanol–water partition coefficient (Wildman–Crippen LogP) is 3.14. The zero-order valence-corrected chi connectivity index (χ0v) is 15.4. The van der Waals surface area contributed by atoms with Crippen LogP contribution in [0.1, 0.15) is 23.2 Å². The van der Waals surface area contributed by atoms with Crippen molar-refractivity contribution in [1.82, 2.24) is 14.4 Å². The second-order valence-corrected chi connectivity index (χ2v) is 7.22. The highest BCUT2D eigenvalue weighted by Gasteiger charge is 2.29. The molecule has 0 saturated heterocycles. The zero-order chi connectivity index (χ0) is 19.1. The van der Waals surface area contributed by atoms with E-state index in [0.29, 0.717) is 11.0 Å². The average Bonchev–Trinajstić information content (AvgIpc) is 2.94. The Labute approximate surface area is 160 Å². The first-order chi connectivity index (χ1) is 12.9. The lowest BCUT2D eigenvalue weighted by atomic mass is 9.89. The third kappa shape index (κ3) is 3.23. The van der Waals surface area contributed by atoms with Crippen LogP contribution in [0.2, 0.25) is 5.02 Å². The molecule has 0 radical (unpaired) electrons. The Bertz CT molecular complexity index is 1020. The van der Waals surface area contributed by atoms with Crippen LogP contribution < -0.4 is 4.90 Å². The first-order valence-electron chi connectivity index (χ1n) is 8.66. The number of hydrogen-bond acceptors (Lipinski definition) is 4. The van der Waals surface area contributed by atoms with Crippen molar-refractivity contribution >= 4 is 29.0 Å². The predicted molar refractivity (Wildman–Crippen MR) is 100.0 cm³/mol.